The van der Waals surface area contributed by atoms with Crippen LogP contribution in [-0.2, 0) is 0 Å². The molecule has 92 heavy (non-hydrogen) atoms. The number of benzene rings is 14. The van der Waals surface area contributed by atoms with Gasteiger partial charge < -0.3 is 18.3 Å². The lowest BCUT2D eigenvalue weighted by Crippen LogP contribution is -2.10. The first kappa shape index (κ1) is 52.4. The Morgan fingerprint density at radius 1 is 0.196 bits per heavy atom. The van der Waals surface area contributed by atoms with Gasteiger partial charge in [0.15, 0.2) is 0 Å². The van der Waals surface area contributed by atoms with Crippen molar-refractivity contribution < 1.29 is 0 Å². The number of hydrogen-bond donors (Lipinski definition) is 0. The summed E-state index contributed by atoms with van der Waals surface area (Å²) in [6.07, 6.45) is 0. The first-order valence-corrected chi connectivity index (χ1v) is 31.1. The van der Waals surface area contributed by atoms with Crippen molar-refractivity contribution in [2.45, 2.75) is 0 Å². The molecule has 0 saturated carbocycles. The Labute approximate surface area is 530 Å². The molecule has 4 aromatic heterocycles. The highest BCUT2D eigenvalue weighted by Crippen LogP contribution is 2.49. The number of rotatable bonds is 9. The van der Waals surface area contributed by atoms with E-state index in [0.29, 0.717) is 11.1 Å². The summed E-state index contributed by atoms with van der Waals surface area (Å²) >= 11 is 0. The molecule has 6 nitrogen and oxygen atoms in total. The number of para-hydroxylation sites is 4. The van der Waals surface area contributed by atoms with Gasteiger partial charge in [0.25, 0.3) is 0 Å². The summed E-state index contributed by atoms with van der Waals surface area (Å²) in [5.74, 6) is 0. The number of fused-ring (bicyclic) bond motifs is 12. The molecule has 0 fully saturated rings. The maximum Gasteiger partial charge on any atom is 0.0992 e. The van der Waals surface area contributed by atoms with Crippen molar-refractivity contribution in [1.29, 1.82) is 10.5 Å². The van der Waals surface area contributed by atoms with Crippen LogP contribution in [0.2, 0.25) is 0 Å². The zero-order valence-electron chi connectivity index (χ0n) is 49.7. The minimum absolute atomic E-state index is 0.465. The van der Waals surface area contributed by atoms with E-state index >= 15 is 0 Å². The van der Waals surface area contributed by atoms with Crippen LogP contribution in [0.5, 0.6) is 0 Å². The summed E-state index contributed by atoms with van der Waals surface area (Å²) in [5, 5.41) is 32.3. The summed E-state index contributed by atoms with van der Waals surface area (Å²) in [6, 6.07) is 118. The van der Waals surface area contributed by atoms with E-state index in [0.717, 1.165) is 166 Å². The molecular formula is C86H52N6. The molecule has 0 bridgehead atoms. The molecule has 14 aromatic carbocycles. The normalized spacial score (nSPS) is 11.7. The van der Waals surface area contributed by atoms with E-state index in [1.54, 1.807) is 0 Å². The Balaban J connectivity index is 1.04. The Kier molecular flexibility index (Phi) is 11.9. The molecule has 0 spiro atoms. The van der Waals surface area contributed by atoms with Gasteiger partial charge >= 0.3 is 0 Å². The van der Waals surface area contributed by atoms with Crippen molar-refractivity contribution >= 4 is 87.2 Å². The monoisotopic (exact) mass is 1170 g/mol. The molecule has 0 amide bonds. The lowest BCUT2D eigenvalue weighted by atomic mass is 9.94. The van der Waals surface area contributed by atoms with Crippen LogP contribution in [0, 0.1) is 22.7 Å². The molecule has 6 heteroatoms. The Morgan fingerprint density at radius 3 is 0.717 bits per heavy atom. The van der Waals surface area contributed by atoms with Crippen LogP contribution >= 0.6 is 0 Å². The topological polar surface area (TPSA) is 67.3 Å². The Hall–Kier alpha value is -12.7. The summed E-state index contributed by atoms with van der Waals surface area (Å²) < 4.78 is 9.60. The number of nitriles is 2. The highest BCUT2D eigenvalue weighted by molar-refractivity contribution is 6.17. The van der Waals surface area contributed by atoms with Gasteiger partial charge in [0.05, 0.1) is 90.1 Å². The molecule has 0 radical (unpaired) electrons. The Morgan fingerprint density at radius 2 is 0.435 bits per heavy atom. The molecular weight excluding hydrogens is 1120 g/mol. The molecule has 0 aliphatic heterocycles. The van der Waals surface area contributed by atoms with E-state index in [1.165, 1.54) is 0 Å². The van der Waals surface area contributed by atoms with E-state index in [2.05, 4.69) is 346 Å². The van der Waals surface area contributed by atoms with Gasteiger partial charge in [-0.05, 0) is 142 Å². The number of hydrogen-bond acceptors (Lipinski definition) is 2. The minimum Gasteiger partial charge on any atom is -0.307 e. The van der Waals surface area contributed by atoms with Crippen molar-refractivity contribution in [3.63, 3.8) is 0 Å². The van der Waals surface area contributed by atoms with Gasteiger partial charge in [-0.3, -0.25) is 0 Å². The lowest BCUT2D eigenvalue weighted by molar-refractivity contribution is 1.08. The third-order valence-corrected chi connectivity index (χ3v) is 18.8. The highest BCUT2D eigenvalue weighted by Gasteiger charge is 2.30. The SMILES string of the molecule is N#Cc1cc(-c2cc(C#N)cc(-n3c4ccccc4c4cc(-c5ccccc5)ccc43)c2-n2c3ccccc3c3cc(-c4ccccc4)ccc32)c(-n2c3ccccc3c3cc(-c4ccccc4)ccc32)c(-n2c3ccccc3c3cc(-c4ccccc4)ccc32)c1. The zero-order chi connectivity index (χ0) is 61.0. The summed E-state index contributed by atoms with van der Waals surface area (Å²) in [7, 11) is 0. The van der Waals surface area contributed by atoms with Gasteiger partial charge in [-0.1, -0.05) is 218 Å². The number of aromatic nitrogens is 4. The predicted octanol–water partition coefficient (Wildman–Crippen LogP) is 22.2. The quantitative estimate of drug-likeness (QED) is 0.145. The van der Waals surface area contributed by atoms with Crippen LogP contribution in [0.4, 0.5) is 0 Å². The second-order valence-corrected chi connectivity index (χ2v) is 23.8. The van der Waals surface area contributed by atoms with Crippen molar-refractivity contribution in [2.24, 2.45) is 0 Å². The van der Waals surface area contributed by atoms with Crippen LogP contribution < -0.4 is 0 Å². The molecule has 18 rings (SSSR count). The maximum absolute atomic E-state index is 11.8. The molecule has 4 heterocycles. The van der Waals surface area contributed by atoms with Crippen molar-refractivity contribution in [2.75, 3.05) is 0 Å². The molecule has 0 unspecified atom stereocenters. The molecule has 426 valence electrons. The molecule has 0 aliphatic carbocycles. The van der Waals surface area contributed by atoms with Gasteiger partial charge in [0.1, 0.15) is 0 Å². The first-order valence-electron chi connectivity index (χ1n) is 31.1. The largest absolute Gasteiger partial charge is 0.307 e. The molecule has 0 aliphatic rings. The van der Waals surface area contributed by atoms with Gasteiger partial charge in [-0.2, -0.15) is 10.5 Å². The van der Waals surface area contributed by atoms with Crippen LogP contribution in [0.15, 0.2) is 315 Å². The summed E-state index contributed by atoms with van der Waals surface area (Å²) in [5.41, 5.74) is 22.7. The van der Waals surface area contributed by atoms with Crippen LogP contribution in [-0.4, -0.2) is 18.3 Å². The standard InChI is InChI=1S/C86H52N6/c87-53-55-45-73(85(91-77-35-19-15-31-67(77)71-51-63(39-43-81(71)91)59-25-9-3-10-26-59)83(47-55)89-75-33-17-13-29-65(75)69-49-61(37-41-79(69)89)57-21-5-1-6-22-57)74-46-56(54-88)48-84(90-76-34-18-14-30-66(76)70-50-62(38-42-80(70)90)58-23-7-2-8-24-58)86(74)92-78-36-20-16-32-68(78)72-52-64(40-44-82(72)92)60-27-11-4-12-28-60/h1-52H. The third kappa shape index (κ3) is 8.12. The van der Waals surface area contributed by atoms with Crippen molar-refractivity contribution in [3.05, 3.63) is 327 Å². The fourth-order valence-electron chi connectivity index (χ4n) is 14.7. The predicted molar refractivity (Wildman–Crippen MR) is 380 cm³/mol. The van der Waals surface area contributed by atoms with Crippen LogP contribution in [0.3, 0.4) is 0 Å². The van der Waals surface area contributed by atoms with Crippen LogP contribution in [0.25, 0.3) is 166 Å². The van der Waals surface area contributed by atoms with E-state index in [4.69, 9.17) is 0 Å². The van der Waals surface area contributed by atoms with Crippen molar-refractivity contribution in [3.8, 4) is 90.5 Å². The Bertz CT molecular complexity index is 5750. The van der Waals surface area contributed by atoms with Gasteiger partial charge in [-0.25, -0.2) is 0 Å². The average Bonchev–Trinajstić information content (AvgIpc) is 1.50. The van der Waals surface area contributed by atoms with E-state index < -0.39 is 0 Å². The molecule has 0 saturated heterocycles. The highest BCUT2D eigenvalue weighted by atomic mass is 15.1. The van der Waals surface area contributed by atoms with Gasteiger partial charge in [-0.15, -0.1) is 0 Å². The van der Waals surface area contributed by atoms with Crippen molar-refractivity contribution in [1.82, 2.24) is 18.3 Å². The molecule has 18 aromatic rings. The van der Waals surface area contributed by atoms with Gasteiger partial charge in [0.2, 0.25) is 0 Å². The third-order valence-electron chi connectivity index (χ3n) is 18.8. The van der Waals surface area contributed by atoms with E-state index in [1.807, 2.05) is 0 Å². The second kappa shape index (κ2) is 21.0. The first-order chi connectivity index (χ1) is 45.6. The smallest absolute Gasteiger partial charge is 0.0992 e. The second-order valence-electron chi connectivity index (χ2n) is 23.8. The zero-order valence-corrected chi connectivity index (χ0v) is 49.7. The fourth-order valence-corrected chi connectivity index (χ4v) is 14.7. The molecule has 0 N–H and O–H groups in total. The molecule has 0 atom stereocenters. The van der Waals surface area contributed by atoms with E-state index in [-0.39, 0.29) is 0 Å². The van der Waals surface area contributed by atoms with E-state index in [9.17, 15) is 10.5 Å². The minimum atomic E-state index is 0.465. The van der Waals surface area contributed by atoms with Gasteiger partial charge in [0, 0.05) is 54.2 Å². The number of nitrogens with zero attached hydrogens (tertiary/aromatic N) is 6. The lowest BCUT2D eigenvalue weighted by Gasteiger charge is -2.25. The maximum atomic E-state index is 11.8. The average molecular weight is 1170 g/mol. The summed E-state index contributed by atoms with van der Waals surface area (Å²) in [6.45, 7) is 0. The van der Waals surface area contributed by atoms with Crippen LogP contribution in [0.1, 0.15) is 11.1 Å². The summed E-state index contributed by atoms with van der Waals surface area (Å²) in [4.78, 5) is 0. The fraction of sp³-hybridized carbons (Fsp3) is 0.